The summed E-state index contributed by atoms with van der Waals surface area (Å²) in [6.07, 6.45) is 9.64. The maximum absolute atomic E-state index is 11.4. The molecule has 0 spiro atoms. The minimum Gasteiger partial charge on any atom is -0.358 e. The summed E-state index contributed by atoms with van der Waals surface area (Å²) in [6.45, 7) is 0.805. The first-order valence-electron chi connectivity index (χ1n) is 7.44. The van der Waals surface area contributed by atoms with Crippen LogP contribution in [0.25, 0.3) is 0 Å². The first-order chi connectivity index (χ1) is 9.70. The zero-order chi connectivity index (χ0) is 15.1. The molecular weight excluding hydrogens is 276 g/mol. The second kappa shape index (κ2) is 14.7. The fourth-order valence-electron chi connectivity index (χ4n) is 1.87. The van der Waals surface area contributed by atoms with Crippen LogP contribution in [0.4, 0.5) is 0 Å². The molecule has 0 aliphatic heterocycles. The van der Waals surface area contributed by atoms with Crippen LogP contribution in [0.5, 0.6) is 0 Å². The Hall–Kier alpha value is -0.750. The molecule has 2 N–H and O–H groups in total. The first kappa shape index (κ1) is 19.2. The van der Waals surface area contributed by atoms with Gasteiger partial charge in [-0.3, -0.25) is 9.59 Å². The van der Waals surface area contributed by atoms with Crippen molar-refractivity contribution in [1.29, 1.82) is 0 Å². The van der Waals surface area contributed by atoms with Crippen molar-refractivity contribution in [3.63, 3.8) is 0 Å². The summed E-state index contributed by atoms with van der Waals surface area (Å²) in [5.41, 5.74) is 0. The van der Waals surface area contributed by atoms with Crippen LogP contribution in [0.1, 0.15) is 57.8 Å². The van der Waals surface area contributed by atoms with Gasteiger partial charge in [-0.2, -0.15) is 0 Å². The van der Waals surface area contributed by atoms with E-state index in [1.807, 2.05) is 0 Å². The van der Waals surface area contributed by atoms with Crippen LogP contribution in [0.2, 0.25) is 0 Å². The van der Waals surface area contributed by atoms with E-state index in [4.69, 9.17) is 4.18 Å². The first-order valence-corrected chi connectivity index (χ1v) is 7.81. The fraction of sp³-hybridized carbons (Fsp3) is 0.857. The zero-order valence-electron chi connectivity index (χ0n) is 12.5. The van der Waals surface area contributed by atoms with Gasteiger partial charge >= 0.3 is 0 Å². The van der Waals surface area contributed by atoms with Crippen LogP contribution < -0.4 is 10.6 Å². The summed E-state index contributed by atoms with van der Waals surface area (Å²) in [5.74, 6) is -0.206. The Balaban J connectivity index is 3.19. The fourth-order valence-corrected chi connectivity index (χ4v) is 2.00. The van der Waals surface area contributed by atoms with Crippen molar-refractivity contribution in [3.8, 4) is 0 Å². The van der Waals surface area contributed by atoms with E-state index in [2.05, 4.69) is 23.5 Å². The quantitative estimate of drug-likeness (QED) is 0.278. The summed E-state index contributed by atoms with van der Waals surface area (Å²) in [7, 11) is 1.56. The van der Waals surface area contributed by atoms with Crippen LogP contribution in [-0.4, -0.2) is 32.0 Å². The number of carbonyl (C=O) groups is 2. The molecule has 2 amide bonds. The van der Waals surface area contributed by atoms with Gasteiger partial charge in [-0.1, -0.05) is 38.5 Å². The molecule has 6 heteroatoms. The van der Waals surface area contributed by atoms with Crippen LogP contribution >= 0.6 is 12.9 Å². The van der Waals surface area contributed by atoms with E-state index >= 15 is 0 Å². The third kappa shape index (κ3) is 13.7. The minimum atomic E-state index is -0.165. The summed E-state index contributed by atoms with van der Waals surface area (Å²) in [5, 5.41) is 5.06. The summed E-state index contributed by atoms with van der Waals surface area (Å²) in [4.78, 5) is 22.3. The summed E-state index contributed by atoms with van der Waals surface area (Å²) in [6, 6.07) is 0. The Morgan fingerprint density at radius 3 is 2.00 bits per heavy atom. The Labute approximate surface area is 127 Å². The highest BCUT2D eigenvalue weighted by Crippen LogP contribution is 2.09. The van der Waals surface area contributed by atoms with Gasteiger partial charge in [-0.05, 0) is 25.8 Å². The Bertz CT molecular complexity index is 263. The predicted octanol–water partition coefficient (Wildman–Crippen LogP) is 2.22. The number of hydrogen-bond acceptors (Lipinski definition) is 4. The third-order valence-corrected chi connectivity index (χ3v) is 3.30. The molecule has 0 aromatic rings. The van der Waals surface area contributed by atoms with E-state index in [-0.39, 0.29) is 18.4 Å². The van der Waals surface area contributed by atoms with Gasteiger partial charge in [0, 0.05) is 13.5 Å². The van der Waals surface area contributed by atoms with E-state index in [1.165, 1.54) is 32.1 Å². The molecule has 0 aliphatic carbocycles. The highest BCUT2D eigenvalue weighted by atomic mass is 32.1. The van der Waals surface area contributed by atoms with Gasteiger partial charge < -0.3 is 14.8 Å². The van der Waals surface area contributed by atoms with Crippen LogP contribution in [0.3, 0.4) is 0 Å². The number of thiol groups is 1. The number of rotatable bonds is 13. The lowest BCUT2D eigenvalue weighted by Crippen LogP contribution is -2.34. The second-order valence-electron chi connectivity index (χ2n) is 4.86. The normalized spacial score (nSPS) is 10.3. The van der Waals surface area contributed by atoms with Crippen molar-refractivity contribution in [2.75, 3.05) is 20.2 Å². The van der Waals surface area contributed by atoms with Crippen LogP contribution in [0.15, 0.2) is 0 Å². The molecule has 0 aromatic heterocycles. The van der Waals surface area contributed by atoms with E-state index in [9.17, 15) is 9.59 Å². The number of likely N-dealkylation sites (N-methyl/N-ethyl adjacent to an activating group) is 1. The van der Waals surface area contributed by atoms with Crippen molar-refractivity contribution in [1.82, 2.24) is 10.6 Å². The van der Waals surface area contributed by atoms with Crippen molar-refractivity contribution in [3.05, 3.63) is 0 Å². The standard InChI is InChI=1S/C14H28N2O3S/c1-15-14(18)12-16-13(17)10-8-6-4-2-3-5-7-9-11-19-20/h20H,2-12H2,1H3,(H,15,18)(H,16,17). The number of amides is 2. The molecule has 0 saturated carbocycles. The van der Waals surface area contributed by atoms with Crippen LogP contribution in [-0.2, 0) is 13.8 Å². The molecule has 118 valence electrons. The Morgan fingerprint density at radius 1 is 0.900 bits per heavy atom. The van der Waals surface area contributed by atoms with E-state index < -0.39 is 0 Å². The molecule has 20 heavy (non-hydrogen) atoms. The van der Waals surface area contributed by atoms with E-state index in [0.717, 1.165) is 25.9 Å². The van der Waals surface area contributed by atoms with Gasteiger partial charge in [-0.15, -0.1) is 0 Å². The molecule has 0 atom stereocenters. The van der Waals surface area contributed by atoms with E-state index in [0.29, 0.717) is 6.42 Å². The highest BCUT2D eigenvalue weighted by molar-refractivity contribution is 7.75. The average Bonchev–Trinajstić information content (AvgIpc) is 2.46. The molecule has 0 rings (SSSR count). The van der Waals surface area contributed by atoms with E-state index in [1.54, 1.807) is 7.05 Å². The monoisotopic (exact) mass is 304 g/mol. The number of unbranched alkanes of at least 4 members (excludes halogenated alkanes) is 7. The second-order valence-corrected chi connectivity index (χ2v) is 5.12. The summed E-state index contributed by atoms with van der Waals surface area (Å²) < 4.78 is 4.70. The average molecular weight is 304 g/mol. The SMILES string of the molecule is CNC(=O)CNC(=O)CCCCCCCCCCOS. The number of carbonyl (C=O) groups excluding carboxylic acids is 2. The lowest BCUT2D eigenvalue weighted by atomic mass is 10.1. The minimum absolute atomic E-state index is 0.0413. The topological polar surface area (TPSA) is 67.4 Å². The van der Waals surface area contributed by atoms with Crippen molar-refractivity contribution >= 4 is 24.7 Å². The van der Waals surface area contributed by atoms with Gasteiger partial charge in [0.05, 0.1) is 13.2 Å². The van der Waals surface area contributed by atoms with Crippen molar-refractivity contribution in [2.45, 2.75) is 57.8 Å². The molecule has 0 fully saturated rings. The van der Waals surface area contributed by atoms with Crippen molar-refractivity contribution in [2.24, 2.45) is 0 Å². The smallest absolute Gasteiger partial charge is 0.239 e. The molecule has 0 radical (unpaired) electrons. The van der Waals surface area contributed by atoms with Crippen LogP contribution in [0, 0.1) is 0 Å². The molecule has 0 saturated heterocycles. The summed E-state index contributed by atoms with van der Waals surface area (Å²) >= 11 is 3.70. The number of hydrogen-bond donors (Lipinski definition) is 3. The zero-order valence-corrected chi connectivity index (χ0v) is 13.3. The molecular formula is C14H28N2O3S. The maximum atomic E-state index is 11.4. The highest BCUT2D eigenvalue weighted by Gasteiger charge is 2.03. The molecule has 0 bridgehead atoms. The van der Waals surface area contributed by atoms with Gasteiger partial charge in [0.25, 0.3) is 0 Å². The lowest BCUT2D eigenvalue weighted by molar-refractivity contribution is -0.125. The largest absolute Gasteiger partial charge is 0.358 e. The Kier molecular flexibility index (Phi) is 14.1. The van der Waals surface area contributed by atoms with Gasteiger partial charge in [0.2, 0.25) is 11.8 Å². The maximum Gasteiger partial charge on any atom is 0.239 e. The predicted molar refractivity (Wildman–Crippen MR) is 83.6 cm³/mol. The lowest BCUT2D eigenvalue weighted by Gasteiger charge is -2.04. The van der Waals surface area contributed by atoms with Gasteiger partial charge in [0.1, 0.15) is 0 Å². The molecule has 5 nitrogen and oxygen atoms in total. The molecule has 0 heterocycles. The third-order valence-electron chi connectivity index (χ3n) is 3.11. The Morgan fingerprint density at radius 2 is 1.45 bits per heavy atom. The molecule has 0 aromatic carbocycles. The molecule has 0 aliphatic rings. The van der Waals surface area contributed by atoms with Gasteiger partial charge in [-0.25, -0.2) is 0 Å². The van der Waals surface area contributed by atoms with Crippen molar-refractivity contribution < 1.29 is 13.8 Å². The molecule has 0 unspecified atom stereocenters. The van der Waals surface area contributed by atoms with Gasteiger partial charge in [0.15, 0.2) is 0 Å². The number of nitrogens with one attached hydrogen (secondary N) is 2.